The van der Waals surface area contributed by atoms with Crippen LogP contribution in [0.1, 0.15) is 23.1 Å². The molecule has 0 fully saturated rings. The second kappa shape index (κ2) is 6.54. The maximum atomic E-state index is 10.6. The van der Waals surface area contributed by atoms with Crippen LogP contribution in [0.4, 0.5) is 0 Å². The van der Waals surface area contributed by atoms with Gasteiger partial charge in [0.05, 0.1) is 18.4 Å². The third-order valence-corrected chi connectivity index (χ3v) is 4.01. The van der Waals surface area contributed by atoms with Crippen LogP contribution in [0.3, 0.4) is 0 Å². The molecule has 3 rings (SSSR count). The number of rotatable bonds is 4. The van der Waals surface area contributed by atoms with Crippen LogP contribution in [0, 0.1) is 13.8 Å². The van der Waals surface area contributed by atoms with E-state index in [0.29, 0.717) is 17.1 Å². The van der Waals surface area contributed by atoms with Gasteiger partial charge in [0, 0.05) is 11.8 Å². The molecule has 0 atom stereocenters. The largest absolute Gasteiger partial charge is 0.496 e. The lowest BCUT2D eigenvalue weighted by Crippen LogP contribution is -2.02. The number of hydrogen-bond acceptors (Lipinski definition) is 6. The molecule has 3 aromatic rings. The Morgan fingerprint density at radius 2 is 1.88 bits per heavy atom. The molecule has 2 heterocycles. The van der Waals surface area contributed by atoms with Gasteiger partial charge >= 0.3 is 0 Å². The number of methoxy groups -OCH3 is 1. The van der Waals surface area contributed by atoms with Crippen molar-refractivity contribution in [3.05, 3.63) is 53.3 Å². The summed E-state index contributed by atoms with van der Waals surface area (Å²) in [5.74, 6) is 1.11. The summed E-state index contributed by atoms with van der Waals surface area (Å²) in [6.07, 6.45) is -0.263. The van der Waals surface area contributed by atoms with Gasteiger partial charge in [0.25, 0.3) is 0 Å². The minimum absolute atomic E-state index is 0.0353. The number of nitrogens with zero attached hydrogens (tertiary/aromatic N) is 3. The number of aromatic nitrogens is 3. The van der Waals surface area contributed by atoms with Crippen molar-refractivity contribution in [3.63, 3.8) is 0 Å². The normalized spacial score (nSPS) is 11.1. The standard InChI is InChI=1S/C18H19N3O4/c1-10-8-12(4-6-14(10)25-3)16-11(2)20-21(17(16)22)15-7-5-13(9-19-15)18(23)24/h4-9,18,22-24H,1-3H3. The summed E-state index contributed by atoms with van der Waals surface area (Å²) in [6, 6.07) is 8.70. The fourth-order valence-electron chi connectivity index (χ4n) is 2.72. The highest BCUT2D eigenvalue weighted by Crippen LogP contribution is 2.35. The van der Waals surface area contributed by atoms with Crippen molar-refractivity contribution in [3.8, 4) is 28.6 Å². The molecule has 0 amide bonds. The lowest BCUT2D eigenvalue weighted by molar-refractivity contribution is -0.0427. The maximum Gasteiger partial charge on any atom is 0.223 e. The Kier molecular flexibility index (Phi) is 4.43. The number of aromatic hydroxyl groups is 1. The SMILES string of the molecule is COc1ccc(-c2c(C)nn(-c3ccc(C(O)O)cn3)c2O)cc1C. The summed E-state index contributed by atoms with van der Waals surface area (Å²) >= 11 is 0. The first-order valence-corrected chi connectivity index (χ1v) is 7.68. The van der Waals surface area contributed by atoms with Gasteiger partial charge in [-0.25, -0.2) is 4.98 Å². The number of aliphatic hydroxyl groups excluding tert-OH is 1. The molecule has 0 unspecified atom stereocenters. The molecule has 0 radical (unpaired) electrons. The smallest absolute Gasteiger partial charge is 0.223 e. The van der Waals surface area contributed by atoms with E-state index in [4.69, 9.17) is 14.9 Å². The predicted molar refractivity (Wildman–Crippen MR) is 91.7 cm³/mol. The summed E-state index contributed by atoms with van der Waals surface area (Å²) < 4.78 is 6.58. The first kappa shape index (κ1) is 16.9. The molecule has 2 aromatic heterocycles. The first-order chi connectivity index (χ1) is 11.9. The highest BCUT2D eigenvalue weighted by molar-refractivity contribution is 5.73. The third kappa shape index (κ3) is 3.07. The van der Waals surface area contributed by atoms with Crippen molar-refractivity contribution in [1.82, 2.24) is 14.8 Å². The molecule has 0 saturated heterocycles. The van der Waals surface area contributed by atoms with Gasteiger partial charge in [-0.1, -0.05) is 6.07 Å². The van der Waals surface area contributed by atoms with Gasteiger partial charge in [0.1, 0.15) is 5.75 Å². The molecule has 0 saturated carbocycles. The second-order valence-corrected chi connectivity index (χ2v) is 5.70. The maximum absolute atomic E-state index is 10.6. The zero-order valence-corrected chi connectivity index (χ0v) is 14.1. The zero-order valence-electron chi connectivity index (χ0n) is 14.1. The first-order valence-electron chi connectivity index (χ1n) is 7.68. The molecule has 0 aliphatic rings. The van der Waals surface area contributed by atoms with Crippen molar-refractivity contribution in [2.75, 3.05) is 7.11 Å². The fraction of sp³-hybridized carbons (Fsp3) is 0.222. The average molecular weight is 341 g/mol. The van der Waals surface area contributed by atoms with Crippen molar-refractivity contribution in [2.24, 2.45) is 0 Å². The van der Waals surface area contributed by atoms with Crippen LogP contribution in [0.2, 0.25) is 0 Å². The summed E-state index contributed by atoms with van der Waals surface area (Å²) in [6.45, 7) is 3.73. The van der Waals surface area contributed by atoms with Gasteiger partial charge < -0.3 is 20.1 Å². The van der Waals surface area contributed by atoms with E-state index in [1.807, 2.05) is 25.1 Å². The average Bonchev–Trinajstić information content (AvgIpc) is 2.89. The molecule has 130 valence electrons. The van der Waals surface area contributed by atoms with E-state index in [0.717, 1.165) is 16.9 Å². The van der Waals surface area contributed by atoms with Crippen molar-refractivity contribution >= 4 is 0 Å². The monoisotopic (exact) mass is 341 g/mol. The number of pyridine rings is 1. The fourth-order valence-corrected chi connectivity index (χ4v) is 2.72. The Bertz CT molecular complexity index is 901. The van der Waals surface area contributed by atoms with Crippen molar-refractivity contribution in [1.29, 1.82) is 0 Å². The molecule has 0 spiro atoms. The summed E-state index contributed by atoms with van der Waals surface area (Å²) in [5.41, 5.74) is 3.29. The topological polar surface area (TPSA) is 101 Å². The quantitative estimate of drug-likeness (QED) is 0.629. The number of ether oxygens (including phenoxy) is 1. The lowest BCUT2D eigenvalue weighted by Gasteiger charge is -2.08. The Hall–Kier alpha value is -2.90. The van der Waals surface area contributed by atoms with Gasteiger partial charge in [-0.05, 0) is 49.2 Å². The van der Waals surface area contributed by atoms with Crippen LogP contribution in [0.5, 0.6) is 11.6 Å². The van der Waals surface area contributed by atoms with Crippen LogP contribution < -0.4 is 4.74 Å². The molecular weight excluding hydrogens is 322 g/mol. The van der Waals surface area contributed by atoms with E-state index >= 15 is 0 Å². The molecule has 7 nitrogen and oxygen atoms in total. The van der Waals surface area contributed by atoms with E-state index in [-0.39, 0.29) is 11.4 Å². The second-order valence-electron chi connectivity index (χ2n) is 5.70. The van der Waals surface area contributed by atoms with Gasteiger partial charge in [0.15, 0.2) is 12.1 Å². The lowest BCUT2D eigenvalue weighted by atomic mass is 10.0. The van der Waals surface area contributed by atoms with Crippen molar-refractivity contribution < 1.29 is 20.1 Å². The van der Waals surface area contributed by atoms with Crippen LogP contribution >= 0.6 is 0 Å². The van der Waals surface area contributed by atoms with Crippen molar-refractivity contribution in [2.45, 2.75) is 20.1 Å². The highest BCUT2D eigenvalue weighted by atomic mass is 16.5. The molecule has 0 aliphatic heterocycles. The van der Waals surface area contributed by atoms with E-state index in [9.17, 15) is 5.11 Å². The highest BCUT2D eigenvalue weighted by Gasteiger charge is 2.19. The van der Waals surface area contributed by atoms with E-state index in [1.54, 1.807) is 20.1 Å². The van der Waals surface area contributed by atoms with Gasteiger partial charge in [-0.2, -0.15) is 9.78 Å². The summed E-state index contributed by atoms with van der Waals surface area (Å²) in [7, 11) is 1.61. The Morgan fingerprint density at radius 1 is 1.12 bits per heavy atom. The number of hydrogen-bond donors (Lipinski definition) is 3. The Labute approximate surface area is 144 Å². The van der Waals surface area contributed by atoms with E-state index < -0.39 is 6.29 Å². The Balaban J connectivity index is 2.05. The minimum Gasteiger partial charge on any atom is -0.496 e. The van der Waals surface area contributed by atoms with Gasteiger partial charge in [-0.15, -0.1) is 0 Å². The van der Waals surface area contributed by atoms with Crippen LogP contribution in [0.25, 0.3) is 16.9 Å². The molecule has 0 aliphatic carbocycles. The van der Waals surface area contributed by atoms with Crippen LogP contribution in [-0.4, -0.2) is 37.2 Å². The third-order valence-electron chi connectivity index (χ3n) is 4.01. The number of aryl methyl sites for hydroxylation is 2. The van der Waals surface area contributed by atoms with Crippen LogP contribution in [-0.2, 0) is 0 Å². The predicted octanol–water partition coefficient (Wildman–Crippen LogP) is 2.25. The molecule has 0 bridgehead atoms. The molecule has 1 aromatic carbocycles. The minimum atomic E-state index is -1.59. The summed E-state index contributed by atoms with van der Waals surface area (Å²) in [5, 5.41) is 33.3. The molecule has 3 N–H and O–H groups in total. The molecule has 25 heavy (non-hydrogen) atoms. The Morgan fingerprint density at radius 3 is 2.44 bits per heavy atom. The molecule has 7 heteroatoms. The number of aliphatic hydroxyl groups is 2. The molecular formula is C18H19N3O4. The van der Waals surface area contributed by atoms with Gasteiger partial charge in [-0.3, -0.25) is 0 Å². The zero-order chi connectivity index (χ0) is 18.1. The number of benzene rings is 1. The van der Waals surface area contributed by atoms with E-state index in [1.165, 1.54) is 16.9 Å². The van der Waals surface area contributed by atoms with Gasteiger partial charge in [0.2, 0.25) is 5.88 Å². The summed E-state index contributed by atoms with van der Waals surface area (Å²) in [4.78, 5) is 4.12. The van der Waals surface area contributed by atoms with Crippen LogP contribution in [0.15, 0.2) is 36.5 Å². The van der Waals surface area contributed by atoms with E-state index in [2.05, 4.69) is 10.1 Å².